The van der Waals surface area contributed by atoms with E-state index in [2.05, 4.69) is 10.1 Å². The Morgan fingerprint density at radius 1 is 0.897 bits per heavy atom. The Hall–Kier alpha value is -2.96. The predicted molar refractivity (Wildman–Crippen MR) is 88.4 cm³/mol. The molecular formula is C16H19F5N4O4. The van der Waals surface area contributed by atoms with Crippen LogP contribution in [0.4, 0.5) is 26.7 Å². The van der Waals surface area contributed by atoms with Gasteiger partial charge in [-0.3, -0.25) is 9.59 Å². The lowest BCUT2D eigenvalue weighted by molar-refractivity contribution is -0.128. The highest BCUT2D eigenvalue weighted by atomic mass is 19.2. The van der Waals surface area contributed by atoms with Crippen LogP contribution in [0, 0.1) is 29.1 Å². The van der Waals surface area contributed by atoms with Crippen LogP contribution < -0.4 is 22.5 Å². The number of carbonyl (C=O) groups is 3. The Morgan fingerprint density at radius 3 is 1.90 bits per heavy atom. The van der Waals surface area contributed by atoms with Crippen molar-refractivity contribution >= 4 is 17.9 Å². The maximum absolute atomic E-state index is 13.7. The van der Waals surface area contributed by atoms with Crippen molar-refractivity contribution in [3.8, 4) is 0 Å². The van der Waals surface area contributed by atoms with Crippen LogP contribution in [0.15, 0.2) is 0 Å². The summed E-state index contributed by atoms with van der Waals surface area (Å²) in [6.45, 7) is -0.0332. The maximum atomic E-state index is 13.7. The molecule has 0 heterocycles. The number of primary amides is 2. The lowest BCUT2D eigenvalue weighted by Crippen LogP contribution is -2.51. The van der Waals surface area contributed by atoms with E-state index in [4.69, 9.17) is 17.2 Å². The molecule has 1 rings (SSSR count). The third-order valence-electron chi connectivity index (χ3n) is 3.85. The molecular weight excluding hydrogens is 407 g/mol. The minimum Gasteiger partial charge on any atom is -0.450 e. The monoisotopic (exact) mass is 426 g/mol. The highest BCUT2D eigenvalue weighted by Crippen LogP contribution is 2.23. The minimum absolute atomic E-state index is 0.0123. The number of ether oxygens (including phenoxy) is 1. The largest absolute Gasteiger partial charge is 0.450 e. The highest BCUT2D eigenvalue weighted by molar-refractivity contribution is 5.89. The van der Waals surface area contributed by atoms with Gasteiger partial charge in [-0.25, -0.2) is 26.7 Å². The van der Waals surface area contributed by atoms with Gasteiger partial charge in [0.1, 0.15) is 6.04 Å². The number of rotatable bonds is 10. The summed E-state index contributed by atoms with van der Waals surface area (Å²) < 4.78 is 71.3. The Bertz CT molecular complexity index is 764. The summed E-state index contributed by atoms with van der Waals surface area (Å²) in [6, 6.07) is -2.96. The van der Waals surface area contributed by atoms with Crippen molar-refractivity contribution in [2.75, 3.05) is 6.61 Å². The molecule has 1 aromatic rings. The van der Waals surface area contributed by atoms with E-state index in [0.29, 0.717) is 6.42 Å². The Kier molecular flexibility index (Phi) is 8.76. The molecule has 0 aliphatic carbocycles. The Balaban J connectivity index is 2.75. The van der Waals surface area contributed by atoms with E-state index in [1.54, 1.807) is 0 Å². The molecule has 2 atom stereocenters. The van der Waals surface area contributed by atoms with Gasteiger partial charge in [0, 0.05) is 12.0 Å². The molecule has 3 amide bonds. The van der Waals surface area contributed by atoms with E-state index in [-0.39, 0.29) is 19.4 Å². The number of unbranched alkanes of at least 4 members (excludes halogenated alkanes) is 1. The van der Waals surface area contributed by atoms with Crippen LogP contribution in [0.5, 0.6) is 0 Å². The fraction of sp³-hybridized carbons (Fsp3) is 0.438. The second-order valence-corrected chi connectivity index (χ2v) is 5.99. The van der Waals surface area contributed by atoms with Crippen LogP contribution in [0.3, 0.4) is 0 Å². The molecule has 0 spiro atoms. The van der Waals surface area contributed by atoms with Crippen LogP contribution >= 0.6 is 0 Å². The van der Waals surface area contributed by atoms with Crippen molar-refractivity contribution in [1.82, 2.24) is 5.32 Å². The first kappa shape index (κ1) is 24.1. The molecule has 7 N–H and O–H groups in total. The highest BCUT2D eigenvalue weighted by Gasteiger charge is 2.29. The fourth-order valence-corrected chi connectivity index (χ4v) is 2.33. The maximum Gasteiger partial charge on any atom is 0.404 e. The Labute approximate surface area is 161 Å². The second-order valence-electron chi connectivity index (χ2n) is 5.99. The third-order valence-corrected chi connectivity index (χ3v) is 3.85. The van der Waals surface area contributed by atoms with Crippen LogP contribution in [-0.4, -0.2) is 36.6 Å². The molecule has 0 radical (unpaired) electrons. The molecule has 0 aliphatic rings. The van der Waals surface area contributed by atoms with Gasteiger partial charge in [-0.1, -0.05) is 0 Å². The van der Waals surface area contributed by atoms with E-state index in [1.165, 1.54) is 0 Å². The zero-order valence-corrected chi connectivity index (χ0v) is 14.9. The summed E-state index contributed by atoms with van der Waals surface area (Å²) in [5.41, 5.74) is 14.1. The van der Waals surface area contributed by atoms with Gasteiger partial charge < -0.3 is 27.3 Å². The average molecular weight is 426 g/mol. The quantitative estimate of drug-likeness (QED) is 0.186. The van der Waals surface area contributed by atoms with Gasteiger partial charge in [0.2, 0.25) is 17.6 Å². The molecule has 0 saturated carbocycles. The van der Waals surface area contributed by atoms with Crippen LogP contribution in [0.25, 0.3) is 0 Å². The first-order valence-electron chi connectivity index (χ1n) is 8.25. The number of halogens is 5. The van der Waals surface area contributed by atoms with Crippen molar-refractivity contribution < 1.29 is 41.1 Å². The van der Waals surface area contributed by atoms with Crippen LogP contribution in [0.2, 0.25) is 0 Å². The van der Waals surface area contributed by atoms with Gasteiger partial charge in [-0.15, -0.1) is 0 Å². The van der Waals surface area contributed by atoms with Crippen molar-refractivity contribution in [3.63, 3.8) is 0 Å². The number of hydrogen-bond donors (Lipinski definition) is 4. The van der Waals surface area contributed by atoms with Gasteiger partial charge >= 0.3 is 6.09 Å². The molecule has 29 heavy (non-hydrogen) atoms. The number of benzene rings is 1. The van der Waals surface area contributed by atoms with E-state index in [1.807, 2.05) is 0 Å². The molecule has 1 aromatic carbocycles. The summed E-state index contributed by atoms with van der Waals surface area (Å²) in [5, 5.41) is 2.14. The SMILES string of the molecule is NC(=O)OCCCC[C@H](NC(=O)[C@@H](N)Cc1c(F)c(F)c(F)c(F)c1F)C(N)=O. The molecule has 13 heteroatoms. The summed E-state index contributed by atoms with van der Waals surface area (Å²) in [5.74, 6) is -12.9. The molecule has 0 saturated heterocycles. The number of nitrogens with two attached hydrogens (primary N) is 3. The second kappa shape index (κ2) is 10.5. The van der Waals surface area contributed by atoms with E-state index in [0.717, 1.165) is 0 Å². The van der Waals surface area contributed by atoms with E-state index < -0.39 is 71.1 Å². The van der Waals surface area contributed by atoms with Gasteiger partial charge in [-0.05, 0) is 19.3 Å². The molecule has 0 unspecified atom stereocenters. The number of hydrogen-bond acceptors (Lipinski definition) is 5. The number of amides is 3. The van der Waals surface area contributed by atoms with Gasteiger partial charge in [0.05, 0.1) is 12.6 Å². The van der Waals surface area contributed by atoms with Gasteiger partial charge in [0.15, 0.2) is 23.3 Å². The molecule has 8 nitrogen and oxygen atoms in total. The summed E-state index contributed by atoms with van der Waals surface area (Å²) in [7, 11) is 0. The Morgan fingerprint density at radius 2 is 1.41 bits per heavy atom. The summed E-state index contributed by atoms with van der Waals surface area (Å²) in [4.78, 5) is 33.9. The lowest BCUT2D eigenvalue weighted by atomic mass is 10.0. The normalized spacial score (nSPS) is 12.9. The predicted octanol–water partition coefficient (Wildman–Crippen LogP) is 0.488. The fourth-order valence-electron chi connectivity index (χ4n) is 2.33. The zero-order chi connectivity index (χ0) is 22.3. The van der Waals surface area contributed by atoms with Crippen molar-refractivity contribution in [2.45, 2.75) is 37.8 Å². The molecule has 0 aliphatic heterocycles. The number of carbonyl (C=O) groups excluding carboxylic acids is 3. The van der Waals surface area contributed by atoms with E-state index >= 15 is 0 Å². The lowest BCUT2D eigenvalue weighted by Gasteiger charge is -2.19. The zero-order valence-electron chi connectivity index (χ0n) is 14.9. The first-order valence-corrected chi connectivity index (χ1v) is 8.25. The van der Waals surface area contributed by atoms with Crippen LogP contribution in [-0.2, 0) is 20.7 Å². The van der Waals surface area contributed by atoms with Crippen molar-refractivity contribution in [2.24, 2.45) is 17.2 Å². The standard InChI is InChI=1S/C16H19F5N4O4/c17-9-6(10(18)12(20)13(21)11(9)19)5-7(22)15(27)25-8(14(23)26)3-1-2-4-29-16(24)28/h7-8H,1-5,22H2,(H2,23,26)(H2,24,28)(H,25,27)/t7-,8-/m0/s1. The topological polar surface area (TPSA) is 151 Å². The number of nitrogens with one attached hydrogen (secondary N) is 1. The van der Waals surface area contributed by atoms with E-state index in [9.17, 15) is 36.3 Å². The van der Waals surface area contributed by atoms with Gasteiger partial charge in [0.25, 0.3) is 0 Å². The molecule has 0 fully saturated rings. The summed E-state index contributed by atoms with van der Waals surface area (Å²) >= 11 is 0. The summed E-state index contributed by atoms with van der Waals surface area (Å²) in [6.07, 6.45) is -1.43. The minimum atomic E-state index is -2.34. The molecule has 0 bridgehead atoms. The third kappa shape index (κ3) is 6.55. The van der Waals surface area contributed by atoms with Crippen molar-refractivity contribution in [3.05, 3.63) is 34.6 Å². The average Bonchev–Trinajstić information content (AvgIpc) is 2.66. The smallest absolute Gasteiger partial charge is 0.404 e. The van der Waals surface area contributed by atoms with Crippen molar-refractivity contribution in [1.29, 1.82) is 0 Å². The molecule has 0 aromatic heterocycles. The first-order chi connectivity index (χ1) is 13.5. The van der Waals surface area contributed by atoms with Crippen LogP contribution in [0.1, 0.15) is 24.8 Å². The van der Waals surface area contributed by atoms with Gasteiger partial charge in [-0.2, -0.15) is 0 Å². The molecule has 162 valence electrons.